The molecule has 2 aromatic rings. The lowest BCUT2D eigenvalue weighted by Crippen LogP contribution is -2.36. The first-order chi connectivity index (χ1) is 13.9. The Balaban J connectivity index is 1.96. The number of guanidine groups is 1. The summed E-state index contributed by atoms with van der Waals surface area (Å²) >= 11 is 0. The first-order valence-corrected chi connectivity index (χ1v) is 9.62. The molecule has 29 heavy (non-hydrogen) atoms. The summed E-state index contributed by atoms with van der Waals surface area (Å²) in [6, 6.07) is 13.5. The highest BCUT2D eigenvalue weighted by Gasteiger charge is 2.06. The van der Waals surface area contributed by atoms with E-state index in [1.807, 2.05) is 19.1 Å². The monoisotopic (exact) mass is 395 g/mol. The predicted octanol–water partition coefficient (Wildman–Crippen LogP) is 1.77. The quantitative estimate of drug-likeness (QED) is 0.403. The molecule has 2 rings (SSSR count). The summed E-state index contributed by atoms with van der Waals surface area (Å²) < 4.78 is 0. The molecule has 0 bridgehead atoms. The Labute approximate surface area is 171 Å². The Morgan fingerprint density at radius 3 is 2.34 bits per heavy atom. The van der Waals surface area contributed by atoms with Gasteiger partial charge in [-0.15, -0.1) is 0 Å². The van der Waals surface area contributed by atoms with Crippen molar-refractivity contribution in [1.29, 1.82) is 0 Å². The summed E-state index contributed by atoms with van der Waals surface area (Å²) in [5.74, 6) is -0.174. The van der Waals surface area contributed by atoms with E-state index in [0.29, 0.717) is 18.7 Å². The zero-order valence-electron chi connectivity index (χ0n) is 17.2. The van der Waals surface area contributed by atoms with E-state index in [-0.39, 0.29) is 12.5 Å². The van der Waals surface area contributed by atoms with Gasteiger partial charge in [-0.1, -0.05) is 35.9 Å². The van der Waals surface area contributed by atoms with Crippen LogP contribution in [0, 0.1) is 13.8 Å². The Bertz CT molecular complexity index is 875. The highest BCUT2D eigenvalue weighted by atomic mass is 16.2. The van der Waals surface area contributed by atoms with E-state index in [9.17, 15) is 9.59 Å². The molecule has 2 amide bonds. The molecule has 0 saturated heterocycles. The molecular formula is C22H29N5O2. The maximum atomic E-state index is 11.9. The largest absolute Gasteiger partial charge is 0.368 e. The lowest BCUT2D eigenvalue weighted by atomic mass is 10.1. The molecule has 0 saturated carbocycles. The maximum absolute atomic E-state index is 11.9. The number of amides is 2. The predicted molar refractivity (Wildman–Crippen MR) is 116 cm³/mol. The van der Waals surface area contributed by atoms with Crippen molar-refractivity contribution in [2.45, 2.75) is 33.9 Å². The molecule has 0 aliphatic carbocycles. The van der Waals surface area contributed by atoms with Gasteiger partial charge in [0.1, 0.15) is 0 Å². The molecule has 5 N–H and O–H groups in total. The second-order valence-corrected chi connectivity index (χ2v) is 6.82. The summed E-state index contributed by atoms with van der Waals surface area (Å²) in [4.78, 5) is 27.3. The van der Waals surface area contributed by atoms with E-state index < -0.39 is 5.91 Å². The van der Waals surface area contributed by atoms with Gasteiger partial charge < -0.3 is 21.7 Å². The summed E-state index contributed by atoms with van der Waals surface area (Å²) in [6.45, 7) is 7.97. The zero-order valence-corrected chi connectivity index (χ0v) is 17.2. The van der Waals surface area contributed by atoms with Crippen LogP contribution in [0.15, 0.2) is 47.5 Å². The summed E-state index contributed by atoms with van der Waals surface area (Å²) in [7, 11) is 0. The molecule has 0 spiro atoms. The van der Waals surface area contributed by atoms with Gasteiger partial charge in [0, 0.05) is 18.7 Å². The molecular weight excluding hydrogens is 366 g/mol. The fourth-order valence-corrected chi connectivity index (χ4v) is 2.77. The number of carbonyl (C=O) groups excluding carboxylic acids is 2. The molecule has 7 heteroatoms. The van der Waals surface area contributed by atoms with E-state index in [2.05, 4.69) is 53.0 Å². The number of carbonyl (C=O) groups is 2. The minimum Gasteiger partial charge on any atom is -0.368 e. The third kappa shape index (κ3) is 7.29. The van der Waals surface area contributed by atoms with E-state index in [0.717, 1.165) is 18.1 Å². The average Bonchev–Trinajstić information content (AvgIpc) is 2.69. The van der Waals surface area contributed by atoms with Crippen LogP contribution in [0.5, 0.6) is 0 Å². The van der Waals surface area contributed by atoms with E-state index in [1.165, 1.54) is 16.7 Å². The number of hydrogen-bond acceptors (Lipinski definition) is 3. The Morgan fingerprint density at radius 1 is 1.00 bits per heavy atom. The number of hydrogen-bond donors (Lipinski definition) is 4. The van der Waals surface area contributed by atoms with Crippen LogP contribution in [0.2, 0.25) is 0 Å². The second-order valence-electron chi connectivity index (χ2n) is 6.82. The third-order valence-corrected chi connectivity index (χ3v) is 4.35. The average molecular weight is 396 g/mol. The minimum atomic E-state index is -0.575. The number of aryl methyl sites for hydroxylation is 2. The molecule has 0 atom stereocenters. The first-order valence-electron chi connectivity index (χ1n) is 9.62. The Kier molecular flexibility index (Phi) is 8.21. The van der Waals surface area contributed by atoms with Crippen molar-refractivity contribution >= 4 is 17.8 Å². The van der Waals surface area contributed by atoms with Crippen molar-refractivity contribution < 1.29 is 9.59 Å². The van der Waals surface area contributed by atoms with Gasteiger partial charge in [0.05, 0.1) is 13.1 Å². The van der Waals surface area contributed by atoms with Crippen LogP contribution in [0.4, 0.5) is 0 Å². The number of nitrogens with two attached hydrogens (primary N) is 1. The van der Waals surface area contributed by atoms with E-state index in [4.69, 9.17) is 5.73 Å². The number of nitrogens with one attached hydrogen (secondary N) is 3. The van der Waals surface area contributed by atoms with Gasteiger partial charge in [-0.2, -0.15) is 0 Å². The van der Waals surface area contributed by atoms with Gasteiger partial charge in [0.25, 0.3) is 5.91 Å². The minimum absolute atomic E-state index is 0.178. The number of benzene rings is 2. The van der Waals surface area contributed by atoms with Gasteiger partial charge >= 0.3 is 0 Å². The van der Waals surface area contributed by atoms with Crippen LogP contribution in [0.3, 0.4) is 0 Å². The van der Waals surface area contributed by atoms with Crippen molar-refractivity contribution in [3.05, 3.63) is 70.3 Å². The number of primary amides is 1. The topological polar surface area (TPSA) is 109 Å². The Morgan fingerprint density at radius 2 is 1.72 bits per heavy atom. The lowest BCUT2D eigenvalue weighted by molar-refractivity contribution is -0.117. The second kappa shape index (κ2) is 10.8. The normalized spacial score (nSPS) is 11.1. The van der Waals surface area contributed by atoms with Crippen LogP contribution in [-0.4, -0.2) is 30.9 Å². The highest BCUT2D eigenvalue weighted by Crippen LogP contribution is 2.10. The SMILES string of the molecule is CCNC(=NCc1ccc(C(=O)NCC(N)=O)cc1)NCc1ccc(C)cc1C. The summed E-state index contributed by atoms with van der Waals surface area (Å²) in [5.41, 5.74) is 10.2. The molecule has 0 unspecified atom stereocenters. The molecule has 0 heterocycles. The lowest BCUT2D eigenvalue weighted by Gasteiger charge is -2.13. The number of aliphatic imine (C=N–C) groups is 1. The fourth-order valence-electron chi connectivity index (χ4n) is 2.77. The van der Waals surface area contributed by atoms with Gasteiger partial charge in [-0.3, -0.25) is 9.59 Å². The number of rotatable bonds is 8. The summed E-state index contributed by atoms with van der Waals surface area (Å²) in [5, 5.41) is 9.06. The Hall–Kier alpha value is -3.35. The standard InChI is InChI=1S/C22H29N5O2/c1-4-24-22(27-13-19-8-5-15(2)11-16(19)3)26-12-17-6-9-18(10-7-17)21(29)25-14-20(23)28/h5-11H,4,12-14H2,1-3H3,(H2,23,28)(H,25,29)(H2,24,26,27). The van der Waals surface area contributed by atoms with Crippen molar-refractivity contribution in [2.75, 3.05) is 13.1 Å². The fraction of sp³-hybridized carbons (Fsp3) is 0.318. The van der Waals surface area contributed by atoms with E-state index in [1.54, 1.807) is 12.1 Å². The highest BCUT2D eigenvalue weighted by molar-refractivity contribution is 5.96. The van der Waals surface area contributed by atoms with E-state index >= 15 is 0 Å². The van der Waals surface area contributed by atoms with Crippen LogP contribution in [-0.2, 0) is 17.9 Å². The van der Waals surface area contributed by atoms with Gasteiger partial charge in [0.15, 0.2) is 5.96 Å². The van der Waals surface area contributed by atoms with Crippen molar-refractivity contribution in [1.82, 2.24) is 16.0 Å². The van der Waals surface area contributed by atoms with Gasteiger partial charge in [-0.05, 0) is 49.6 Å². The molecule has 0 aliphatic heterocycles. The zero-order chi connectivity index (χ0) is 21.2. The smallest absolute Gasteiger partial charge is 0.251 e. The van der Waals surface area contributed by atoms with Crippen LogP contribution in [0.25, 0.3) is 0 Å². The molecule has 0 aromatic heterocycles. The van der Waals surface area contributed by atoms with Gasteiger partial charge in [-0.25, -0.2) is 4.99 Å². The van der Waals surface area contributed by atoms with Crippen molar-refractivity contribution in [3.8, 4) is 0 Å². The van der Waals surface area contributed by atoms with Gasteiger partial charge in [0.2, 0.25) is 5.91 Å². The summed E-state index contributed by atoms with van der Waals surface area (Å²) in [6.07, 6.45) is 0. The van der Waals surface area contributed by atoms with Crippen LogP contribution >= 0.6 is 0 Å². The number of nitrogens with zero attached hydrogens (tertiary/aromatic N) is 1. The maximum Gasteiger partial charge on any atom is 0.251 e. The molecule has 154 valence electrons. The molecule has 0 fully saturated rings. The molecule has 7 nitrogen and oxygen atoms in total. The van der Waals surface area contributed by atoms with Crippen molar-refractivity contribution in [3.63, 3.8) is 0 Å². The molecule has 2 aromatic carbocycles. The van der Waals surface area contributed by atoms with Crippen LogP contribution in [0.1, 0.15) is 39.5 Å². The third-order valence-electron chi connectivity index (χ3n) is 4.35. The molecule has 0 radical (unpaired) electrons. The molecule has 0 aliphatic rings. The first kappa shape index (κ1) is 21.9. The van der Waals surface area contributed by atoms with Crippen molar-refractivity contribution in [2.24, 2.45) is 10.7 Å². The van der Waals surface area contributed by atoms with Crippen LogP contribution < -0.4 is 21.7 Å².